The van der Waals surface area contributed by atoms with Crippen LogP contribution < -0.4 is 10.6 Å². The second-order valence-electron chi connectivity index (χ2n) is 5.95. The highest BCUT2D eigenvalue weighted by Crippen LogP contribution is 2.21. The number of hydrogen-bond acceptors (Lipinski definition) is 6. The van der Waals surface area contributed by atoms with Crippen LogP contribution in [0, 0.1) is 6.92 Å². The summed E-state index contributed by atoms with van der Waals surface area (Å²) in [7, 11) is 0. The quantitative estimate of drug-likeness (QED) is 0.565. The monoisotopic (exact) mass is 362 g/mol. The number of hydrogen-bond donors (Lipinski definition) is 3. The maximum absolute atomic E-state index is 11.4. The summed E-state index contributed by atoms with van der Waals surface area (Å²) in [4.78, 5) is 31.0. The van der Waals surface area contributed by atoms with Gasteiger partial charge in [0.25, 0.3) is 0 Å². The largest absolute Gasteiger partial charge is 0.478 e. The van der Waals surface area contributed by atoms with Gasteiger partial charge in [-0.15, -0.1) is 0 Å². The number of nitrogens with one attached hydrogen (secondary N) is 2. The number of carboxylic acids is 1. The lowest BCUT2D eigenvalue weighted by molar-refractivity contribution is 0.0696. The first-order valence-electron chi connectivity index (χ1n) is 8.25. The van der Waals surface area contributed by atoms with Crippen molar-refractivity contribution >= 4 is 34.8 Å². The molecule has 0 fully saturated rings. The van der Waals surface area contributed by atoms with Crippen molar-refractivity contribution in [3.05, 3.63) is 71.5 Å². The lowest BCUT2D eigenvalue weighted by atomic mass is 10.1. The molecular formula is C20H18N4O3. The minimum absolute atomic E-state index is 0.0137. The molecule has 2 aromatic carbocycles. The normalized spacial score (nSPS) is 10.3. The topological polar surface area (TPSA) is 104 Å². The van der Waals surface area contributed by atoms with Crippen molar-refractivity contribution in [2.24, 2.45) is 0 Å². The molecule has 3 N–H and O–H groups in total. The fourth-order valence-electron chi connectivity index (χ4n) is 2.48. The molecular weight excluding hydrogens is 344 g/mol. The predicted molar refractivity (Wildman–Crippen MR) is 103 cm³/mol. The summed E-state index contributed by atoms with van der Waals surface area (Å²) in [5.74, 6) is 0.794. The van der Waals surface area contributed by atoms with Gasteiger partial charge in [-0.05, 0) is 62.4 Å². The van der Waals surface area contributed by atoms with E-state index in [0.29, 0.717) is 23.0 Å². The van der Waals surface area contributed by atoms with Gasteiger partial charge in [-0.25, -0.2) is 14.8 Å². The van der Waals surface area contributed by atoms with Crippen LogP contribution in [0.5, 0.6) is 0 Å². The average molecular weight is 362 g/mol. The molecule has 1 heterocycles. The van der Waals surface area contributed by atoms with Gasteiger partial charge >= 0.3 is 5.97 Å². The Bertz CT molecular complexity index is 905. The fourth-order valence-corrected chi connectivity index (χ4v) is 2.48. The lowest BCUT2D eigenvalue weighted by Gasteiger charge is -2.11. The Hall–Kier alpha value is -3.74. The molecule has 1 aromatic heterocycles. The van der Waals surface area contributed by atoms with Crippen LogP contribution in [-0.2, 0) is 0 Å². The molecule has 7 heteroatoms. The van der Waals surface area contributed by atoms with Crippen molar-refractivity contribution < 1.29 is 14.7 Å². The molecule has 0 aliphatic rings. The van der Waals surface area contributed by atoms with E-state index < -0.39 is 5.97 Å². The van der Waals surface area contributed by atoms with Gasteiger partial charge in [0.05, 0.1) is 5.56 Å². The number of nitrogens with zero attached hydrogens (tertiary/aromatic N) is 2. The van der Waals surface area contributed by atoms with E-state index in [1.807, 2.05) is 12.1 Å². The number of rotatable bonds is 6. The third-order valence-electron chi connectivity index (χ3n) is 3.81. The Kier molecular flexibility index (Phi) is 5.12. The second-order valence-corrected chi connectivity index (χ2v) is 5.95. The van der Waals surface area contributed by atoms with Gasteiger partial charge in [0.2, 0.25) is 0 Å². The number of aryl methyl sites for hydroxylation is 1. The van der Waals surface area contributed by atoms with Crippen LogP contribution in [0.15, 0.2) is 54.6 Å². The highest BCUT2D eigenvalue weighted by molar-refractivity contribution is 5.94. The van der Waals surface area contributed by atoms with E-state index in [9.17, 15) is 9.59 Å². The number of carbonyl (C=O) groups is 2. The maximum atomic E-state index is 11.4. The summed E-state index contributed by atoms with van der Waals surface area (Å²) < 4.78 is 0. The van der Waals surface area contributed by atoms with E-state index >= 15 is 0 Å². The molecule has 0 radical (unpaired) electrons. The third-order valence-corrected chi connectivity index (χ3v) is 3.81. The Morgan fingerprint density at radius 1 is 0.815 bits per heavy atom. The number of aromatic carboxylic acids is 1. The van der Waals surface area contributed by atoms with Crippen molar-refractivity contribution in [1.29, 1.82) is 0 Å². The van der Waals surface area contributed by atoms with E-state index in [4.69, 9.17) is 5.11 Å². The van der Waals surface area contributed by atoms with Crippen LogP contribution in [0.3, 0.4) is 0 Å². The van der Waals surface area contributed by atoms with E-state index in [2.05, 4.69) is 20.6 Å². The van der Waals surface area contributed by atoms with Crippen LogP contribution >= 0.6 is 0 Å². The van der Waals surface area contributed by atoms with Crippen molar-refractivity contribution in [2.75, 3.05) is 10.6 Å². The Balaban J connectivity index is 1.77. The molecule has 3 aromatic rings. The van der Waals surface area contributed by atoms with Gasteiger partial charge in [0.1, 0.15) is 17.5 Å². The van der Waals surface area contributed by atoms with Crippen molar-refractivity contribution in [1.82, 2.24) is 9.97 Å². The summed E-state index contributed by atoms with van der Waals surface area (Å²) >= 11 is 0. The molecule has 0 atom stereocenters. The van der Waals surface area contributed by atoms with Crippen molar-refractivity contribution in [3.8, 4) is 0 Å². The number of Topliss-reactive ketones (excluding diaryl/α,β-unsaturated/α-hetero) is 1. The van der Waals surface area contributed by atoms with Crippen LogP contribution in [0.25, 0.3) is 0 Å². The number of ketones is 1. The Morgan fingerprint density at radius 3 is 1.67 bits per heavy atom. The summed E-state index contributed by atoms with van der Waals surface area (Å²) in [6, 6.07) is 15.3. The van der Waals surface area contributed by atoms with Gasteiger partial charge in [-0.2, -0.15) is 0 Å². The SMILES string of the molecule is CC(=O)c1ccc(Nc2cc(Nc3ccc(C(=O)O)cc3)nc(C)n2)cc1. The van der Waals surface area contributed by atoms with E-state index in [-0.39, 0.29) is 11.3 Å². The zero-order chi connectivity index (χ0) is 19.4. The zero-order valence-corrected chi connectivity index (χ0v) is 14.9. The molecule has 0 aliphatic carbocycles. The van der Waals surface area contributed by atoms with E-state index in [0.717, 1.165) is 11.4 Å². The highest BCUT2D eigenvalue weighted by atomic mass is 16.4. The third kappa shape index (κ3) is 4.66. The molecule has 0 aliphatic heterocycles. The Labute approximate surface area is 156 Å². The van der Waals surface area contributed by atoms with Crippen molar-refractivity contribution in [3.63, 3.8) is 0 Å². The van der Waals surface area contributed by atoms with E-state index in [1.165, 1.54) is 19.1 Å². The molecule has 0 saturated heterocycles. The molecule has 136 valence electrons. The average Bonchev–Trinajstić information content (AvgIpc) is 2.62. The smallest absolute Gasteiger partial charge is 0.335 e. The van der Waals surface area contributed by atoms with Gasteiger partial charge in [-0.3, -0.25) is 4.79 Å². The molecule has 0 amide bonds. The molecule has 0 spiro atoms. The summed E-state index contributed by atoms with van der Waals surface area (Å²) in [5.41, 5.74) is 2.38. The Morgan fingerprint density at radius 2 is 1.26 bits per heavy atom. The molecule has 7 nitrogen and oxygen atoms in total. The number of anilines is 4. The van der Waals surface area contributed by atoms with E-state index in [1.54, 1.807) is 37.3 Å². The lowest BCUT2D eigenvalue weighted by Crippen LogP contribution is -2.02. The standard InChI is InChI=1S/C20H18N4O3/c1-12(25)14-3-7-16(8-4-14)23-18-11-19(22-13(2)21-18)24-17-9-5-15(6-10-17)20(26)27/h3-11H,1-2H3,(H,26,27)(H2,21,22,23,24). The zero-order valence-electron chi connectivity index (χ0n) is 14.9. The molecule has 0 saturated carbocycles. The summed E-state index contributed by atoms with van der Waals surface area (Å²) in [6.45, 7) is 3.31. The minimum Gasteiger partial charge on any atom is -0.478 e. The van der Waals surface area contributed by atoms with Crippen LogP contribution in [0.4, 0.5) is 23.0 Å². The highest BCUT2D eigenvalue weighted by Gasteiger charge is 2.06. The van der Waals surface area contributed by atoms with Gasteiger partial charge < -0.3 is 15.7 Å². The first-order chi connectivity index (χ1) is 12.9. The molecule has 27 heavy (non-hydrogen) atoms. The van der Waals surface area contributed by atoms with Crippen LogP contribution in [0.1, 0.15) is 33.5 Å². The second kappa shape index (κ2) is 7.65. The predicted octanol–water partition coefficient (Wildman–Crippen LogP) is 4.17. The number of aromatic nitrogens is 2. The number of benzene rings is 2. The van der Waals surface area contributed by atoms with Gasteiger partial charge in [-0.1, -0.05) is 0 Å². The van der Waals surface area contributed by atoms with Gasteiger partial charge in [0, 0.05) is 23.0 Å². The first-order valence-corrected chi connectivity index (χ1v) is 8.25. The maximum Gasteiger partial charge on any atom is 0.335 e. The molecule has 0 bridgehead atoms. The number of carbonyl (C=O) groups excluding carboxylic acids is 1. The molecule has 0 unspecified atom stereocenters. The summed E-state index contributed by atoms with van der Waals surface area (Å²) in [5, 5.41) is 15.3. The van der Waals surface area contributed by atoms with Crippen LogP contribution in [-0.4, -0.2) is 26.8 Å². The van der Waals surface area contributed by atoms with Crippen LogP contribution in [0.2, 0.25) is 0 Å². The summed E-state index contributed by atoms with van der Waals surface area (Å²) in [6.07, 6.45) is 0. The van der Waals surface area contributed by atoms with Gasteiger partial charge in [0.15, 0.2) is 5.78 Å². The fraction of sp³-hybridized carbons (Fsp3) is 0.100. The first kappa shape index (κ1) is 18.1. The van der Waals surface area contributed by atoms with Crippen molar-refractivity contribution in [2.45, 2.75) is 13.8 Å². The minimum atomic E-state index is -0.971. The number of carboxylic acid groups (broad SMARTS) is 1. The molecule has 3 rings (SSSR count).